The van der Waals surface area contributed by atoms with E-state index in [-0.39, 0.29) is 24.0 Å². The van der Waals surface area contributed by atoms with Crippen LogP contribution in [0.3, 0.4) is 0 Å². The van der Waals surface area contributed by atoms with Crippen LogP contribution >= 0.6 is 46.9 Å². The summed E-state index contributed by atoms with van der Waals surface area (Å²) in [6.45, 7) is 6.10. The number of rotatable bonds is 6. The van der Waals surface area contributed by atoms with Crippen molar-refractivity contribution in [3.63, 3.8) is 0 Å². The van der Waals surface area contributed by atoms with Crippen molar-refractivity contribution in [3.8, 4) is 0 Å². The van der Waals surface area contributed by atoms with Crippen molar-refractivity contribution < 1.29 is 4.74 Å². The summed E-state index contributed by atoms with van der Waals surface area (Å²) in [5.74, 6) is 1.69. The van der Waals surface area contributed by atoms with Gasteiger partial charge in [-0.15, -0.1) is 35.3 Å². The summed E-state index contributed by atoms with van der Waals surface area (Å²) in [6, 6.07) is 8.71. The molecule has 0 saturated carbocycles. The summed E-state index contributed by atoms with van der Waals surface area (Å²) in [5.41, 5.74) is 0. The lowest BCUT2D eigenvalue weighted by Gasteiger charge is -2.34. The average Bonchev–Trinajstić information content (AvgIpc) is 3.47. The number of anilines is 1. The van der Waals surface area contributed by atoms with E-state index in [4.69, 9.17) is 16.3 Å². The number of guanidine groups is 1. The Morgan fingerprint density at radius 3 is 2.87 bits per heavy atom. The molecule has 31 heavy (non-hydrogen) atoms. The number of hydrogen-bond acceptors (Lipinski definition) is 6. The third-order valence-corrected chi connectivity index (χ3v) is 6.88. The van der Waals surface area contributed by atoms with E-state index in [1.807, 2.05) is 30.5 Å². The Bertz CT molecular complexity index is 833. The number of thiophene rings is 1. The smallest absolute Gasteiger partial charge is 0.191 e. The zero-order valence-electron chi connectivity index (χ0n) is 17.7. The summed E-state index contributed by atoms with van der Waals surface area (Å²) in [6.07, 6.45) is 2.81. The number of pyridine rings is 1. The van der Waals surface area contributed by atoms with Gasteiger partial charge in [0.25, 0.3) is 0 Å². The Balaban J connectivity index is 0.00000272. The third-order valence-electron chi connectivity index (χ3n) is 5.61. The zero-order chi connectivity index (χ0) is 20.8. The van der Waals surface area contributed by atoms with Crippen LogP contribution in [0.5, 0.6) is 0 Å². The molecule has 2 aliphatic heterocycles. The van der Waals surface area contributed by atoms with Gasteiger partial charge in [0.05, 0.1) is 24.3 Å². The molecule has 2 saturated heterocycles. The maximum absolute atomic E-state index is 6.32. The molecule has 2 aromatic rings. The maximum Gasteiger partial charge on any atom is 0.191 e. The van der Waals surface area contributed by atoms with Crippen LogP contribution in [0.4, 0.5) is 5.82 Å². The fourth-order valence-electron chi connectivity index (χ4n) is 4.04. The lowest BCUT2D eigenvalue weighted by atomic mass is 10.2. The number of aromatic nitrogens is 1. The van der Waals surface area contributed by atoms with Crippen molar-refractivity contribution in [2.75, 3.05) is 57.9 Å². The summed E-state index contributed by atoms with van der Waals surface area (Å²) in [4.78, 5) is 15.0. The number of nitrogens with zero attached hydrogens (tertiary/aromatic N) is 4. The third kappa shape index (κ3) is 6.44. The molecule has 0 amide bonds. The van der Waals surface area contributed by atoms with E-state index in [9.17, 15) is 0 Å². The first-order chi connectivity index (χ1) is 14.7. The Morgan fingerprint density at radius 1 is 1.32 bits per heavy atom. The minimum atomic E-state index is 0. The van der Waals surface area contributed by atoms with Crippen LogP contribution in [0, 0.1) is 0 Å². The minimum absolute atomic E-state index is 0. The monoisotopic (exact) mass is 576 g/mol. The number of hydrogen-bond donors (Lipinski definition) is 2. The van der Waals surface area contributed by atoms with Crippen molar-refractivity contribution in [1.29, 1.82) is 0 Å². The molecule has 2 atom stereocenters. The highest BCUT2D eigenvalue weighted by atomic mass is 127. The molecule has 0 aromatic carbocycles. The van der Waals surface area contributed by atoms with E-state index in [2.05, 4.69) is 47.9 Å². The number of morpholine rings is 1. The SMILES string of the molecule is CN=C(NCC(c1cccs1)N1CCOCC1)NC1CCN(c2ncccc2Cl)C1.I. The molecule has 170 valence electrons. The molecule has 2 N–H and O–H groups in total. The van der Waals surface area contributed by atoms with Gasteiger partial charge in [-0.2, -0.15) is 0 Å². The lowest BCUT2D eigenvalue weighted by molar-refractivity contribution is 0.0177. The van der Waals surface area contributed by atoms with Gasteiger partial charge in [0.15, 0.2) is 5.96 Å². The van der Waals surface area contributed by atoms with Gasteiger partial charge in [0.1, 0.15) is 5.82 Å². The number of nitrogens with one attached hydrogen (secondary N) is 2. The molecular formula is C21H30ClIN6OS. The van der Waals surface area contributed by atoms with Crippen LogP contribution < -0.4 is 15.5 Å². The van der Waals surface area contributed by atoms with Crippen molar-refractivity contribution in [1.82, 2.24) is 20.5 Å². The molecule has 4 heterocycles. The van der Waals surface area contributed by atoms with E-state index < -0.39 is 0 Å². The molecule has 4 rings (SSSR count). The van der Waals surface area contributed by atoms with Gasteiger partial charge in [0, 0.05) is 56.9 Å². The number of aliphatic imine (C=N–C) groups is 1. The van der Waals surface area contributed by atoms with Gasteiger partial charge in [-0.05, 0) is 30.0 Å². The van der Waals surface area contributed by atoms with Crippen LogP contribution in [-0.2, 0) is 4.74 Å². The van der Waals surface area contributed by atoms with Crippen LogP contribution in [0.2, 0.25) is 5.02 Å². The highest BCUT2D eigenvalue weighted by Gasteiger charge is 2.27. The average molecular weight is 577 g/mol. The molecular weight excluding hydrogens is 547 g/mol. The van der Waals surface area contributed by atoms with Crippen molar-refractivity contribution in [2.24, 2.45) is 4.99 Å². The predicted molar refractivity (Wildman–Crippen MR) is 139 cm³/mol. The molecule has 0 aliphatic carbocycles. The summed E-state index contributed by atoms with van der Waals surface area (Å²) < 4.78 is 5.54. The first-order valence-electron chi connectivity index (χ1n) is 10.4. The fourth-order valence-corrected chi connectivity index (χ4v) is 5.14. The van der Waals surface area contributed by atoms with E-state index in [1.165, 1.54) is 4.88 Å². The van der Waals surface area contributed by atoms with Gasteiger partial charge < -0.3 is 20.3 Å². The Kier molecular flexibility index (Phi) is 9.64. The van der Waals surface area contributed by atoms with Crippen LogP contribution in [-0.4, -0.2) is 74.9 Å². The predicted octanol–water partition coefficient (Wildman–Crippen LogP) is 3.23. The summed E-state index contributed by atoms with van der Waals surface area (Å²) in [7, 11) is 1.83. The number of ether oxygens (including phenoxy) is 1. The normalized spacial score (nSPS) is 20.9. The van der Waals surface area contributed by atoms with Crippen molar-refractivity contribution >= 4 is 58.7 Å². The standard InChI is InChI=1S/C21H29ClN6OS.HI/c1-23-21(26-16-6-8-28(15-16)20-17(22)4-2-7-24-20)25-14-18(19-5-3-13-30-19)27-9-11-29-12-10-27;/h2-5,7,13,16,18H,6,8-12,14-15H2,1H3,(H2,23,25,26);1H. The molecule has 0 radical (unpaired) electrons. The maximum atomic E-state index is 6.32. The summed E-state index contributed by atoms with van der Waals surface area (Å²) >= 11 is 8.13. The van der Waals surface area contributed by atoms with Crippen molar-refractivity contribution in [2.45, 2.75) is 18.5 Å². The van der Waals surface area contributed by atoms with Crippen LogP contribution in [0.15, 0.2) is 40.8 Å². The van der Waals surface area contributed by atoms with Crippen molar-refractivity contribution in [3.05, 3.63) is 45.7 Å². The highest BCUT2D eigenvalue weighted by Crippen LogP contribution is 2.27. The van der Waals surface area contributed by atoms with E-state index in [0.29, 0.717) is 17.1 Å². The Labute approximate surface area is 210 Å². The second-order valence-corrected chi connectivity index (χ2v) is 8.90. The Morgan fingerprint density at radius 2 is 2.16 bits per heavy atom. The van der Waals surface area contributed by atoms with Gasteiger partial charge in [-0.25, -0.2) is 4.98 Å². The second-order valence-electron chi connectivity index (χ2n) is 7.52. The number of halogens is 2. The molecule has 10 heteroatoms. The minimum Gasteiger partial charge on any atom is -0.379 e. The van der Waals surface area contributed by atoms with Gasteiger partial charge in [0.2, 0.25) is 0 Å². The highest BCUT2D eigenvalue weighted by molar-refractivity contribution is 14.0. The molecule has 2 aliphatic rings. The quantitative estimate of drug-likeness (QED) is 0.313. The van der Waals surface area contributed by atoms with Gasteiger partial charge in [-0.1, -0.05) is 17.7 Å². The second kappa shape index (κ2) is 12.2. The molecule has 0 spiro atoms. The van der Waals surface area contributed by atoms with Crippen LogP contribution in [0.1, 0.15) is 17.3 Å². The molecule has 2 fully saturated rings. The molecule has 7 nitrogen and oxygen atoms in total. The fraction of sp³-hybridized carbons (Fsp3) is 0.524. The molecule has 2 unspecified atom stereocenters. The largest absolute Gasteiger partial charge is 0.379 e. The summed E-state index contributed by atoms with van der Waals surface area (Å²) in [5, 5.41) is 9.97. The topological polar surface area (TPSA) is 65.0 Å². The van der Waals surface area contributed by atoms with Crippen LogP contribution in [0.25, 0.3) is 0 Å². The van der Waals surface area contributed by atoms with Gasteiger partial charge >= 0.3 is 0 Å². The van der Waals surface area contributed by atoms with E-state index in [1.54, 1.807) is 6.20 Å². The molecule has 0 bridgehead atoms. The lowest BCUT2D eigenvalue weighted by Crippen LogP contribution is -2.48. The van der Waals surface area contributed by atoms with E-state index >= 15 is 0 Å². The first kappa shape index (κ1) is 24.5. The first-order valence-corrected chi connectivity index (χ1v) is 11.7. The molecule has 2 aromatic heterocycles. The van der Waals surface area contributed by atoms with Gasteiger partial charge in [-0.3, -0.25) is 9.89 Å². The zero-order valence-corrected chi connectivity index (χ0v) is 21.6. The van der Waals surface area contributed by atoms with E-state index in [0.717, 1.165) is 64.1 Å². The Hall–Kier alpha value is -1.14.